The molecule has 0 saturated heterocycles. The molecule has 186 valence electrons. The minimum atomic E-state index is -0.0727. The van der Waals surface area contributed by atoms with Gasteiger partial charge in [-0.1, -0.05) is 36.4 Å². The lowest BCUT2D eigenvalue weighted by molar-refractivity contribution is -0.116. The van der Waals surface area contributed by atoms with Gasteiger partial charge in [0, 0.05) is 53.4 Å². The van der Waals surface area contributed by atoms with Crippen molar-refractivity contribution in [3.8, 4) is 17.2 Å². The molecule has 1 amide bonds. The number of aryl methyl sites for hydroxylation is 1. The molecule has 6 nitrogen and oxygen atoms in total. The van der Waals surface area contributed by atoms with Gasteiger partial charge in [-0.05, 0) is 36.9 Å². The molecular formula is C28H28ClN3O3S. The molecule has 2 heterocycles. The van der Waals surface area contributed by atoms with E-state index in [1.165, 1.54) is 0 Å². The summed E-state index contributed by atoms with van der Waals surface area (Å²) >= 11 is 1.60. The second kappa shape index (κ2) is 12.0. The molecule has 0 unspecified atom stereocenters. The second-order valence-electron chi connectivity index (χ2n) is 8.35. The van der Waals surface area contributed by atoms with Crippen LogP contribution < -0.4 is 14.8 Å². The van der Waals surface area contributed by atoms with Gasteiger partial charge in [-0.3, -0.25) is 4.79 Å². The molecule has 1 N–H and O–H groups in total. The maximum absolute atomic E-state index is 13.3. The second-order valence-corrected chi connectivity index (χ2v) is 9.20. The third kappa shape index (κ3) is 5.86. The van der Waals surface area contributed by atoms with E-state index >= 15 is 0 Å². The predicted octanol–water partition coefficient (Wildman–Crippen LogP) is 6.76. The number of halogens is 1. The lowest BCUT2D eigenvalue weighted by Gasteiger charge is -2.28. The first-order chi connectivity index (χ1) is 17.2. The van der Waals surface area contributed by atoms with E-state index in [-0.39, 0.29) is 24.2 Å². The summed E-state index contributed by atoms with van der Waals surface area (Å²) in [6.07, 6.45) is 8.70. The van der Waals surface area contributed by atoms with E-state index in [2.05, 4.69) is 10.3 Å². The first kappa shape index (κ1) is 25.7. The number of benzene rings is 3. The predicted molar refractivity (Wildman–Crippen MR) is 146 cm³/mol. The molecule has 5 rings (SSSR count). The Hall–Kier alpha value is -3.42. The zero-order valence-corrected chi connectivity index (χ0v) is 21.6. The highest BCUT2D eigenvalue weighted by atomic mass is 35.5. The average molecular weight is 522 g/mol. The zero-order valence-electron chi connectivity index (χ0n) is 19.9. The lowest BCUT2D eigenvalue weighted by Crippen LogP contribution is -2.19. The van der Waals surface area contributed by atoms with E-state index in [1.54, 1.807) is 24.3 Å². The van der Waals surface area contributed by atoms with Crippen LogP contribution in [0.15, 0.2) is 90.3 Å². The number of nitrogens with zero attached hydrogens (tertiary/aromatic N) is 2. The molecule has 0 radical (unpaired) electrons. The zero-order chi connectivity index (χ0) is 24.0. The Morgan fingerprint density at radius 2 is 1.81 bits per heavy atom. The number of thioether (sulfide) groups is 1. The van der Waals surface area contributed by atoms with Crippen LogP contribution in [0.5, 0.6) is 17.2 Å². The van der Waals surface area contributed by atoms with Gasteiger partial charge in [0.15, 0.2) is 0 Å². The summed E-state index contributed by atoms with van der Waals surface area (Å²) in [5, 5.41) is 3.13. The molecule has 8 heteroatoms. The summed E-state index contributed by atoms with van der Waals surface area (Å²) in [6.45, 7) is 1.43. The summed E-state index contributed by atoms with van der Waals surface area (Å²) in [5.41, 5.74) is 2.83. The number of rotatable bonds is 9. The van der Waals surface area contributed by atoms with E-state index in [0.717, 1.165) is 51.9 Å². The molecule has 1 aliphatic heterocycles. The van der Waals surface area contributed by atoms with Crippen molar-refractivity contribution in [3.63, 3.8) is 0 Å². The van der Waals surface area contributed by atoms with Gasteiger partial charge in [0.2, 0.25) is 5.91 Å². The normalized spacial score (nSPS) is 12.0. The summed E-state index contributed by atoms with van der Waals surface area (Å²) in [4.78, 5) is 18.3. The molecule has 0 spiro atoms. The van der Waals surface area contributed by atoms with Crippen LogP contribution in [0.25, 0.3) is 0 Å². The van der Waals surface area contributed by atoms with Gasteiger partial charge in [0.1, 0.15) is 17.2 Å². The fraction of sp³-hybridized carbons (Fsp3) is 0.214. The number of imidazole rings is 1. The number of para-hydroxylation sites is 2. The fourth-order valence-corrected chi connectivity index (χ4v) is 4.88. The number of carbonyl (C=O) groups is 1. The van der Waals surface area contributed by atoms with Crippen molar-refractivity contribution in [1.82, 2.24) is 9.55 Å². The van der Waals surface area contributed by atoms with Crippen molar-refractivity contribution in [3.05, 3.63) is 96.6 Å². The first-order valence-electron chi connectivity index (χ1n) is 11.6. The van der Waals surface area contributed by atoms with Crippen molar-refractivity contribution in [2.24, 2.45) is 0 Å². The number of aromatic nitrogens is 2. The minimum absolute atomic E-state index is 0. The number of amides is 1. The number of hydrogen-bond donors (Lipinski definition) is 1. The Morgan fingerprint density at radius 1 is 1.08 bits per heavy atom. The Kier molecular flexibility index (Phi) is 8.57. The number of hydrogen-bond acceptors (Lipinski definition) is 5. The molecule has 0 atom stereocenters. The summed E-state index contributed by atoms with van der Waals surface area (Å²) in [5.74, 6) is 2.23. The van der Waals surface area contributed by atoms with Crippen LogP contribution in [-0.4, -0.2) is 28.3 Å². The third-order valence-corrected chi connectivity index (χ3v) is 6.83. The van der Waals surface area contributed by atoms with E-state index in [9.17, 15) is 4.79 Å². The monoisotopic (exact) mass is 521 g/mol. The summed E-state index contributed by atoms with van der Waals surface area (Å²) in [7, 11) is 0. The maximum atomic E-state index is 13.3. The molecule has 0 saturated carbocycles. The van der Waals surface area contributed by atoms with Crippen molar-refractivity contribution in [1.29, 1.82) is 0 Å². The van der Waals surface area contributed by atoms with Gasteiger partial charge >= 0.3 is 0 Å². The van der Waals surface area contributed by atoms with Crippen LogP contribution in [-0.2, 0) is 11.3 Å². The molecule has 0 aliphatic carbocycles. The van der Waals surface area contributed by atoms with Crippen molar-refractivity contribution in [2.45, 2.75) is 30.2 Å². The minimum Gasteiger partial charge on any atom is -0.493 e. The Morgan fingerprint density at radius 3 is 2.47 bits per heavy atom. The number of anilines is 1. The van der Waals surface area contributed by atoms with Gasteiger partial charge < -0.3 is 19.4 Å². The van der Waals surface area contributed by atoms with Crippen LogP contribution in [0, 0.1) is 0 Å². The highest BCUT2D eigenvalue weighted by Gasteiger charge is 2.28. The standard InChI is InChI=1S/C28H27N3O3S.ClH/c1-35-27-12-11-20(33-16-6-14-31-15-13-29-19-31)17-24(27)30-28(32)18-23-21-7-2-4-9-25(21)34-26-10-5-3-8-22(23)26;/h2-5,7-13,15,17,19,23H,6,14,16,18H2,1H3,(H,30,32);1H. The van der Waals surface area contributed by atoms with Crippen molar-refractivity contribution < 1.29 is 14.3 Å². The Labute approximate surface area is 221 Å². The molecule has 36 heavy (non-hydrogen) atoms. The number of ether oxygens (including phenoxy) is 2. The van der Waals surface area contributed by atoms with Crippen LogP contribution in [0.3, 0.4) is 0 Å². The largest absolute Gasteiger partial charge is 0.493 e. The first-order valence-corrected chi connectivity index (χ1v) is 12.9. The molecule has 3 aromatic carbocycles. The smallest absolute Gasteiger partial charge is 0.225 e. The van der Waals surface area contributed by atoms with Crippen LogP contribution in [0.4, 0.5) is 5.69 Å². The van der Waals surface area contributed by atoms with Crippen molar-refractivity contribution >= 4 is 35.8 Å². The van der Waals surface area contributed by atoms with Crippen LogP contribution >= 0.6 is 24.2 Å². The molecular weight excluding hydrogens is 494 g/mol. The number of carbonyl (C=O) groups excluding carboxylic acids is 1. The van der Waals surface area contributed by atoms with Crippen LogP contribution in [0.2, 0.25) is 0 Å². The Bertz CT molecular complexity index is 1270. The van der Waals surface area contributed by atoms with E-state index in [0.29, 0.717) is 13.0 Å². The molecule has 0 fully saturated rings. The van der Waals surface area contributed by atoms with E-state index in [4.69, 9.17) is 9.47 Å². The number of nitrogens with one attached hydrogen (secondary N) is 1. The summed E-state index contributed by atoms with van der Waals surface area (Å²) in [6, 6.07) is 21.7. The van der Waals surface area contributed by atoms with Gasteiger partial charge in [0.05, 0.1) is 18.6 Å². The number of fused-ring (bicyclic) bond motifs is 2. The van der Waals surface area contributed by atoms with E-state index < -0.39 is 0 Å². The van der Waals surface area contributed by atoms with Crippen molar-refractivity contribution in [2.75, 3.05) is 18.2 Å². The topological polar surface area (TPSA) is 65.4 Å². The van der Waals surface area contributed by atoms with Crippen LogP contribution in [0.1, 0.15) is 29.9 Å². The summed E-state index contributed by atoms with van der Waals surface area (Å²) < 4.78 is 14.1. The van der Waals surface area contributed by atoms with Gasteiger partial charge in [-0.15, -0.1) is 24.2 Å². The van der Waals surface area contributed by atoms with Gasteiger partial charge in [-0.2, -0.15) is 0 Å². The Balaban J connectivity index is 0.00000304. The third-order valence-electron chi connectivity index (χ3n) is 6.03. The fourth-order valence-electron chi connectivity index (χ4n) is 4.35. The highest BCUT2D eigenvalue weighted by Crippen LogP contribution is 2.45. The van der Waals surface area contributed by atoms with E-state index in [1.807, 2.05) is 83.7 Å². The SMILES string of the molecule is CSc1ccc(OCCCn2ccnc2)cc1NC(=O)CC1c2ccccc2Oc2ccccc21.Cl. The lowest BCUT2D eigenvalue weighted by atomic mass is 9.85. The molecule has 4 aromatic rings. The molecule has 0 bridgehead atoms. The van der Waals surface area contributed by atoms with Gasteiger partial charge in [0.25, 0.3) is 0 Å². The molecule has 1 aromatic heterocycles. The quantitative estimate of drug-likeness (QED) is 0.195. The molecule has 1 aliphatic rings. The average Bonchev–Trinajstić information content (AvgIpc) is 3.40. The highest BCUT2D eigenvalue weighted by molar-refractivity contribution is 7.98. The van der Waals surface area contributed by atoms with Gasteiger partial charge in [-0.25, -0.2) is 4.98 Å². The maximum Gasteiger partial charge on any atom is 0.225 e.